The van der Waals surface area contributed by atoms with E-state index < -0.39 is 0 Å². The molecule has 0 amide bonds. The Hall–Kier alpha value is -1.16. The van der Waals surface area contributed by atoms with Crippen LogP contribution in [0.25, 0.3) is 0 Å². The van der Waals surface area contributed by atoms with Crippen LogP contribution in [0.5, 0.6) is 0 Å². The first-order chi connectivity index (χ1) is 7.15. The normalized spacial score (nSPS) is 25.1. The molecule has 1 fully saturated rings. The predicted octanol–water partition coefficient (Wildman–Crippen LogP) is 1.54. The summed E-state index contributed by atoms with van der Waals surface area (Å²) < 4.78 is 0. The van der Waals surface area contributed by atoms with Gasteiger partial charge in [-0.3, -0.25) is 0 Å². The molecule has 2 rings (SSSR count). The van der Waals surface area contributed by atoms with Crippen molar-refractivity contribution in [3.05, 3.63) is 18.1 Å². The van der Waals surface area contributed by atoms with E-state index in [-0.39, 0.29) is 6.10 Å². The van der Waals surface area contributed by atoms with Crippen molar-refractivity contribution in [1.82, 2.24) is 9.97 Å². The minimum Gasteiger partial charge on any atom is -0.393 e. The van der Waals surface area contributed by atoms with E-state index in [0.29, 0.717) is 12.0 Å². The van der Waals surface area contributed by atoms with Crippen molar-refractivity contribution in [2.75, 3.05) is 5.32 Å². The third-order valence-corrected chi connectivity index (χ3v) is 2.74. The average Bonchev–Trinajstić information content (AvgIpc) is 2.16. The van der Waals surface area contributed by atoms with Crippen LogP contribution in [-0.4, -0.2) is 27.2 Å². The molecule has 1 heterocycles. The fourth-order valence-corrected chi connectivity index (χ4v) is 1.68. The SMILES string of the molecule is CC(C)c1cc(N[C@H]2C[C@H](O)C2)ncn1. The molecule has 1 aliphatic rings. The fourth-order valence-electron chi connectivity index (χ4n) is 1.68. The molecule has 1 aromatic heterocycles. The van der Waals surface area contributed by atoms with Gasteiger partial charge in [-0.2, -0.15) is 0 Å². The van der Waals surface area contributed by atoms with E-state index in [9.17, 15) is 0 Å². The van der Waals surface area contributed by atoms with E-state index in [2.05, 4.69) is 29.1 Å². The van der Waals surface area contributed by atoms with Crippen LogP contribution in [0.2, 0.25) is 0 Å². The van der Waals surface area contributed by atoms with Crippen LogP contribution in [0.4, 0.5) is 5.82 Å². The summed E-state index contributed by atoms with van der Waals surface area (Å²) in [6, 6.07) is 2.35. The quantitative estimate of drug-likeness (QED) is 0.789. The number of aliphatic hydroxyl groups excluding tert-OH is 1. The second kappa shape index (κ2) is 4.14. The summed E-state index contributed by atoms with van der Waals surface area (Å²) in [5, 5.41) is 12.5. The molecule has 82 valence electrons. The maximum atomic E-state index is 9.17. The Morgan fingerprint density at radius 1 is 1.40 bits per heavy atom. The molecule has 0 atom stereocenters. The molecular weight excluding hydrogens is 190 g/mol. The van der Waals surface area contributed by atoms with Crippen LogP contribution < -0.4 is 5.32 Å². The monoisotopic (exact) mass is 207 g/mol. The van der Waals surface area contributed by atoms with E-state index in [1.807, 2.05) is 6.07 Å². The predicted molar refractivity (Wildman–Crippen MR) is 58.8 cm³/mol. The lowest BCUT2D eigenvalue weighted by atomic mass is 9.89. The summed E-state index contributed by atoms with van der Waals surface area (Å²) in [7, 11) is 0. The van der Waals surface area contributed by atoms with Crippen LogP contribution in [0.1, 0.15) is 38.3 Å². The van der Waals surface area contributed by atoms with Gasteiger partial charge in [0.1, 0.15) is 12.1 Å². The smallest absolute Gasteiger partial charge is 0.129 e. The zero-order chi connectivity index (χ0) is 10.8. The van der Waals surface area contributed by atoms with Crippen molar-refractivity contribution >= 4 is 5.82 Å². The van der Waals surface area contributed by atoms with Gasteiger partial charge in [-0.05, 0) is 18.8 Å². The van der Waals surface area contributed by atoms with E-state index in [4.69, 9.17) is 5.11 Å². The molecule has 1 saturated carbocycles. The molecule has 4 nitrogen and oxygen atoms in total. The Balaban J connectivity index is 1.99. The molecule has 0 aliphatic heterocycles. The van der Waals surface area contributed by atoms with Crippen LogP contribution in [-0.2, 0) is 0 Å². The molecule has 0 spiro atoms. The number of aromatic nitrogens is 2. The zero-order valence-electron chi connectivity index (χ0n) is 9.14. The number of rotatable bonds is 3. The van der Waals surface area contributed by atoms with Crippen molar-refractivity contribution in [2.45, 2.75) is 44.8 Å². The number of nitrogens with one attached hydrogen (secondary N) is 1. The lowest BCUT2D eigenvalue weighted by molar-refractivity contribution is 0.0835. The van der Waals surface area contributed by atoms with Gasteiger partial charge in [0.2, 0.25) is 0 Å². The van der Waals surface area contributed by atoms with Gasteiger partial charge in [0, 0.05) is 17.8 Å². The Morgan fingerprint density at radius 3 is 2.73 bits per heavy atom. The Labute approximate surface area is 89.8 Å². The molecule has 0 radical (unpaired) electrons. The first kappa shape index (κ1) is 10.4. The van der Waals surface area contributed by atoms with E-state index in [1.54, 1.807) is 6.33 Å². The second-order valence-corrected chi connectivity index (χ2v) is 4.45. The molecule has 1 aliphatic carbocycles. The Morgan fingerprint density at radius 2 is 2.13 bits per heavy atom. The highest BCUT2D eigenvalue weighted by atomic mass is 16.3. The van der Waals surface area contributed by atoms with Gasteiger partial charge in [-0.15, -0.1) is 0 Å². The molecule has 15 heavy (non-hydrogen) atoms. The van der Waals surface area contributed by atoms with Crippen LogP contribution in [0.15, 0.2) is 12.4 Å². The van der Waals surface area contributed by atoms with Crippen LogP contribution in [0, 0.1) is 0 Å². The number of hydrogen-bond donors (Lipinski definition) is 2. The van der Waals surface area contributed by atoms with Gasteiger partial charge in [-0.1, -0.05) is 13.8 Å². The van der Waals surface area contributed by atoms with Gasteiger partial charge < -0.3 is 10.4 Å². The third kappa shape index (κ3) is 2.45. The maximum Gasteiger partial charge on any atom is 0.129 e. The number of aliphatic hydroxyl groups is 1. The molecule has 0 unspecified atom stereocenters. The number of nitrogens with zero attached hydrogens (tertiary/aromatic N) is 2. The number of anilines is 1. The summed E-state index contributed by atoms with van der Waals surface area (Å²) in [5.74, 6) is 1.28. The average molecular weight is 207 g/mol. The summed E-state index contributed by atoms with van der Waals surface area (Å²) in [6.45, 7) is 4.22. The largest absolute Gasteiger partial charge is 0.393 e. The van der Waals surface area contributed by atoms with Gasteiger partial charge in [0.15, 0.2) is 0 Å². The lowest BCUT2D eigenvalue weighted by Crippen LogP contribution is -2.39. The van der Waals surface area contributed by atoms with Gasteiger partial charge in [0.25, 0.3) is 0 Å². The minimum atomic E-state index is -0.131. The van der Waals surface area contributed by atoms with E-state index >= 15 is 0 Å². The molecule has 0 bridgehead atoms. The Kier molecular flexibility index (Phi) is 2.86. The standard InChI is InChI=1S/C11H17N3O/c1-7(2)10-5-11(13-6-12-10)14-8-3-9(15)4-8/h5-9,15H,3-4H2,1-2H3,(H,12,13,14)/t8-,9-. The van der Waals surface area contributed by atoms with E-state index in [0.717, 1.165) is 24.4 Å². The van der Waals surface area contributed by atoms with Crippen LogP contribution in [0.3, 0.4) is 0 Å². The number of hydrogen-bond acceptors (Lipinski definition) is 4. The fraction of sp³-hybridized carbons (Fsp3) is 0.636. The Bertz CT molecular complexity index is 334. The minimum absolute atomic E-state index is 0.131. The molecule has 2 N–H and O–H groups in total. The first-order valence-corrected chi connectivity index (χ1v) is 5.41. The summed E-state index contributed by atoms with van der Waals surface area (Å²) in [6.07, 6.45) is 3.10. The zero-order valence-corrected chi connectivity index (χ0v) is 9.14. The van der Waals surface area contributed by atoms with Gasteiger partial charge in [-0.25, -0.2) is 9.97 Å². The van der Waals surface area contributed by atoms with Gasteiger partial charge >= 0.3 is 0 Å². The van der Waals surface area contributed by atoms with Crippen LogP contribution >= 0.6 is 0 Å². The van der Waals surface area contributed by atoms with E-state index in [1.165, 1.54) is 0 Å². The topological polar surface area (TPSA) is 58.0 Å². The summed E-state index contributed by atoms with van der Waals surface area (Å²) in [4.78, 5) is 8.37. The molecular formula is C11H17N3O. The molecule has 1 aromatic rings. The third-order valence-electron chi connectivity index (χ3n) is 2.74. The molecule has 0 saturated heterocycles. The van der Waals surface area contributed by atoms with Crippen molar-refractivity contribution in [3.8, 4) is 0 Å². The maximum absolute atomic E-state index is 9.17. The molecule has 4 heteroatoms. The molecule has 0 aromatic carbocycles. The highest BCUT2D eigenvalue weighted by Crippen LogP contribution is 2.23. The van der Waals surface area contributed by atoms with Crippen molar-refractivity contribution < 1.29 is 5.11 Å². The highest BCUT2D eigenvalue weighted by molar-refractivity contribution is 5.37. The highest BCUT2D eigenvalue weighted by Gasteiger charge is 2.27. The first-order valence-electron chi connectivity index (χ1n) is 5.41. The van der Waals surface area contributed by atoms with Crippen molar-refractivity contribution in [2.24, 2.45) is 0 Å². The van der Waals surface area contributed by atoms with Gasteiger partial charge in [0.05, 0.1) is 6.10 Å². The summed E-state index contributed by atoms with van der Waals surface area (Å²) in [5.41, 5.74) is 1.05. The summed E-state index contributed by atoms with van der Waals surface area (Å²) >= 11 is 0. The lowest BCUT2D eigenvalue weighted by Gasteiger charge is -2.32. The second-order valence-electron chi connectivity index (χ2n) is 4.45. The van der Waals surface area contributed by atoms with Crippen molar-refractivity contribution in [1.29, 1.82) is 0 Å². The van der Waals surface area contributed by atoms with Crippen molar-refractivity contribution in [3.63, 3.8) is 0 Å².